The Balaban J connectivity index is 1.28. The molecule has 0 N–H and O–H groups in total. The quantitative estimate of drug-likeness (QED) is 0.263. The van der Waals surface area contributed by atoms with Gasteiger partial charge in [0.2, 0.25) is 0 Å². The smallest absolute Gasteiger partial charge is 0.261 e. The van der Waals surface area contributed by atoms with E-state index >= 15 is 0 Å². The zero-order chi connectivity index (χ0) is 22.6. The minimum atomic E-state index is -0.222. The number of hydrogen-bond acceptors (Lipinski definition) is 6. The van der Waals surface area contributed by atoms with Crippen molar-refractivity contribution in [3.63, 3.8) is 0 Å². The molecule has 33 heavy (non-hydrogen) atoms. The Morgan fingerprint density at radius 1 is 0.818 bits per heavy atom. The first-order valence-electron chi connectivity index (χ1n) is 10.8. The van der Waals surface area contributed by atoms with Crippen LogP contribution in [0.1, 0.15) is 37.0 Å². The van der Waals surface area contributed by atoms with Crippen molar-refractivity contribution in [2.45, 2.75) is 24.5 Å². The molecule has 0 atom stereocenters. The summed E-state index contributed by atoms with van der Waals surface area (Å²) in [6.07, 6.45) is 1.61. The molecule has 2 aromatic heterocycles. The SMILES string of the molecule is O=C1c2ccccc2C(=O)N1CCSc1nnc(Cc2cccs2)n1CCc1ccccc1. The third kappa shape index (κ3) is 4.62. The van der Waals surface area contributed by atoms with Crippen LogP contribution < -0.4 is 0 Å². The molecule has 1 aliphatic rings. The largest absolute Gasteiger partial charge is 0.305 e. The van der Waals surface area contributed by atoms with Gasteiger partial charge in [-0.2, -0.15) is 0 Å². The van der Waals surface area contributed by atoms with Crippen molar-refractivity contribution in [2.24, 2.45) is 0 Å². The summed E-state index contributed by atoms with van der Waals surface area (Å²) < 4.78 is 2.17. The summed E-state index contributed by atoms with van der Waals surface area (Å²) in [6.45, 7) is 1.11. The fourth-order valence-corrected chi connectivity index (χ4v) is 5.52. The number of amides is 2. The number of aryl methyl sites for hydroxylation is 1. The molecular formula is C25H22N4O2S2. The predicted molar refractivity (Wildman–Crippen MR) is 130 cm³/mol. The van der Waals surface area contributed by atoms with Crippen molar-refractivity contribution in [1.29, 1.82) is 0 Å². The van der Waals surface area contributed by atoms with Crippen LogP contribution in [0.3, 0.4) is 0 Å². The van der Waals surface area contributed by atoms with Gasteiger partial charge in [0.1, 0.15) is 5.82 Å². The number of rotatable bonds is 9. The van der Waals surface area contributed by atoms with Crippen molar-refractivity contribution in [2.75, 3.05) is 12.3 Å². The van der Waals surface area contributed by atoms with Gasteiger partial charge in [-0.05, 0) is 35.6 Å². The fourth-order valence-electron chi connectivity index (χ4n) is 3.91. The molecule has 2 aromatic carbocycles. The average Bonchev–Trinajstić information content (AvgIpc) is 3.55. The molecule has 0 unspecified atom stereocenters. The lowest BCUT2D eigenvalue weighted by molar-refractivity contribution is 0.0664. The lowest BCUT2D eigenvalue weighted by Crippen LogP contribution is -2.31. The molecule has 0 spiro atoms. The van der Waals surface area contributed by atoms with Crippen molar-refractivity contribution in [3.8, 4) is 0 Å². The standard InChI is InChI=1S/C25H22N4O2S2/c30-23-20-10-4-5-11-21(20)24(31)29(23)14-16-33-25-27-26-22(17-19-9-6-15-32-19)28(25)13-12-18-7-2-1-3-8-18/h1-11,15H,12-14,16-17H2. The number of hydrogen-bond donors (Lipinski definition) is 0. The molecule has 0 fully saturated rings. The summed E-state index contributed by atoms with van der Waals surface area (Å²) in [6, 6.07) is 21.5. The van der Waals surface area contributed by atoms with E-state index in [-0.39, 0.29) is 11.8 Å². The molecule has 5 rings (SSSR count). The molecule has 1 aliphatic heterocycles. The minimum Gasteiger partial charge on any atom is -0.305 e. The van der Waals surface area contributed by atoms with E-state index in [9.17, 15) is 9.59 Å². The lowest BCUT2D eigenvalue weighted by atomic mass is 10.1. The summed E-state index contributed by atoms with van der Waals surface area (Å²) in [5, 5.41) is 11.8. The average molecular weight is 475 g/mol. The van der Waals surface area contributed by atoms with Crippen LogP contribution in [-0.2, 0) is 19.4 Å². The highest BCUT2D eigenvalue weighted by Crippen LogP contribution is 2.25. The number of carbonyl (C=O) groups excluding carboxylic acids is 2. The van der Waals surface area contributed by atoms with E-state index in [0.717, 1.165) is 30.4 Å². The molecule has 2 amide bonds. The van der Waals surface area contributed by atoms with Gasteiger partial charge in [0.25, 0.3) is 11.8 Å². The summed E-state index contributed by atoms with van der Waals surface area (Å²) in [7, 11) is 0. The maximum atomic E-state index is 12.6. The number of benzene rings is 2. The number of aromatic nitrogens is 3. The number of thiophene rings is 1. The molecule has 4 aromatic rings. The maximum Gasteiger partial charge on any atom is 0.261 e. The van der Waals surface area contributed by atoms with Crippen LogP contribution in [0.15, 0.2) is 77.3 Å². The third-order valence-electron chi connectivity index (χ3n) is 5.60. The first kappa shape index (κ1) is 21.6. The van der Waals surface area contributed by atoms with Gasteiger partial charge in [0.15, 0.2) is 5.16 Å². The molecule has 6 nitrogen and oxygen atoms in total. The number of fused-ring (bicyclic) bond motifs is 1. The van der Waals surface area contributed by atoms with E-state index in [1.54, 1.807) is 35.6 Å². The number of nitrogens with zero attached hydrogens (tertiary/aromatic N) is 4. The molecule has 0 saturated heterocycles. The van der Waals surface area contributed by atoms with Crippen LogP contribution >= 0.6 is 23.1 Å². The normalized spacial score (nSPS) is 13.0. The summed E-state index contributed by atoms with van der Waals surface area (Å²) in [5.41, 5.74) is 2.23. The van der Waals surface area contributed by atoms with Gasteiger partial charge in [-0.25, -0.2) is 0 Å². The van der Waals surface area contributed by atoms with Gasteiger partial charge in [-0.15, -0.1) is 21.5 Å². The van der Waals surface area contributed by atoms with Gasteiger partial charge >= 0.3 is 0 Å². The minimum absolute atomic E-state index is 0.222. The van der Waals surface area contributed by atoms with Crippen molar-refractivity contribution < 1.29 is 9.59 Å². The second-order valence-corrected chi connectivity index (χ2v) is 9.79. The fraction of sp³-hybridized carbons (Fsp3) is 0.200. The van der Waals surface area contributed by atoms with Crippen LogP contribution in [0.25, 0.3) is 0 Å². The molecule has 0 bridgehead atoms. The lowest BCUT2D eigenvalue weighted by Gasteiger charge is -2.14. The molecule has 0 saturated carbocycles. The van der Waals surface area contributed by atoms with E-state index in [2.05, 4.69) is 38.3 Å². The van der Waals surface area contributed by atoms with Crippen LogP contribution in [-0.4, -0.2) is 43.8 Å². The number of carbonyl (C=O) groups is 2. The van der Waals surface area contributed by atoms with E-state index < -0.39 is 0 Å². The Kier molecular flexibility index (Phi) is 6.37. The Bertz CT molecular complexity index is 1230. The van der Waals surface area contributed by atoms with Crippen LogP contribution in [0.2, 0.25) is 0 Å². The summed E-state index contributed by atoms with van der Waals surface area (Å²) in [4.78, 5) is 27.8. The van der Waals surface area contributed by atoms with Gasteiger partial charge < -0.3 is 4.57 Å². The van der Waals surface area contributed by atoms with Gasteiger partial charge in [0, 0.05) is 30.1 Å². The summed E-state index contributed by atoms with van der Waals surface area (Å²) >= 11 is 3.24. The van der Waals surface area contributed by atoms with Gasteiger partial charge in [-0.1, -0.05) is 60.3 Å². The van der Waals surface area contributed by atoms with Crippen LogP contribution in [0.5, 0.6) is 0 Å². The number of imide groups is 1. The second-order valence-electron chi connectivity index (χ2n) is 7.70. The van der Waals surface area contributed by atoms with E-state index in [1.165, 1.54) is 27.1 Å². The third-order valence-corrected chi connectivity index (χ3v) is 7.42. The van der Waals surface area contributed by atoms with Crippen molar-refractivity contribution in [1.82, 2.24) is 19.7 Å². The van der Waals surface area contributed by atoms with Gasteiger partial charge in [0.05, 0.1) is 11.1 Å². The van der Waals surface area contributed by atoms with Crippen molar-refractivity contribution in [3.05, 3.63) is 99.5 Å². The van der Waals surface area contributed by atoms with Crippen LogP contribution in [0, 0.1) is 0 Å². The molecule has 0 aliphatic carbocycles. The Morgan fingerprint density at radius 2 is 1.55 bits per heavy atom. The van der Waals surface area contributed by atoms with E-state index in [1.807, 2.05) is 24.3 Å². The van der Waals surface area contributed by atoms with Crippen molar-refractivity contribution >= 4 is 34.9 Å². The molecule has 166 valence electrons. The Morgan fingerprint density at radius 3 is 2.24 bits per heavy atom. The zero-order valence-corrected chi connectivity index (χ0v) is 19.5. The predicted octanol–water partition coefficient (Wildman–Crippen LogP) is 4.56. The monoisotopic (exact) mass is 474 g/mol. The highest BCUT2D eigenvalue weighted by Gasteiger charge is 2.34. The molecular weight excluding hydrogens is 452 g/mol. The first-order valence-corrected chi connectivity index (χ1v) is 12.6. The van der Waals surface area contributed by atoms with Crippen LogP contribution in [0.4, 0.5) is 0 Å². The first-order chi connectivity index (χ1) is 16.2. The number of thioether (sulfide) groups is 1. The Labute approximate surface area is 200 Å². The molecule has 0 radical (unpaired) electrons. The Hall–Kier alpha value is -3.23. The van der Waals surface area contributed by atoms with E-state index in [0.29, 0.717) is 23.4 Å². The zero-order valence-electron chi connectivity index (χ0n) is 17.9. The van der Waals surface area contributed by atoms with E-state index in [4.69, 9.17) is 0 Å². The summed E-state index contributed by atoms with van der Waals surface area (Å²) in [5.74, 6) is 1.05. The maximum absolute atomic E-state index is 12.6. The van der Waals surface area contributed by atoms with Gasteiger partial charge in [-0.3, -0.25) is 14.5 Å². The molecule has 8 heteroatoms. The highest BCUT2D eigenvalue weighted by atomic mass is 32.2. The second kappa shape index (κ2) is 9.72. The molecule has 3 heterocycles. The highest BCUT2D eigenvalue weighted by molar-refractivity contribution is 7.99. The topological polar surface area (TPSA) is 68.1 Å².